The Morgan fingerprint density at radius 2 is 1.82 bits per heavy atom. The molecule has 0 bridgehead atoms. The molecule has 0 saturated heterocycles. The van der Waals surface area contributed by atoms with E-state index in [1.165, 1.54) is 6.07 Å². The number of nitrogens with zero attached hydrogens (tertiary/aromatic N) is 2. The maximum atomic E-state index is 13.8. The van der Waals surface area contributed by atoms with Gasteiger partial charge in [-0.25, -0.2) is 18.6 Å². The molecule has 0 radical (unpaired) electrons. The van der Waals surface area contributed by atoms with Gasteiger partial charge >= 0.3 is 12.4 Å². The first-order chi connectivity index (χ1) is 13.1. The molecule has 3 rings (SSSR count). The standard InChI is InChI=1S/C16H7F5N4O2S/c17-9-3-7(6-22)4-10(18)13(9)24-14(26)25-15-23-11-2-1-8(5-12(11)28-15)27-16(19,20)21/h1-5H,(H2,23,24,25,26). The number of hydrogen-bond acceptors (Lipinski definition) is 5. The van der Waals surface area contributed by atoms with E-state index in [1.54, 1.807) is 6.07 Å². The Balaban J connectivity index is 1.76. The summed E-state index contributed by atoms with van der Waals surface area (Å²) in [5.41, 5.74) is -0.743. The monoisotopic (exact) mass is 414 g/mol. The maximum absolute atomic E-state index is 13.8. The van der Waals surface area contributed by atoms with Gasteiger partial charge in [0, 0.05) is 6.07 Å². The van der Waals surface area contributed by atoms with Crippen LogP contribution < -0.4 is 15.4 Å². The zero-order valence-corrected chi connectivity index (χ0v) is 14.2. The predicted molar refractivity (Wildman–Crippen MR) is 90.0 cm³/mol. The van der Waals surface area contributed by atoms with Crippen molar-refractivity contribution in [2.75, 3.05) is 10.6 Å². The highest BCUT2D eigenvalue weighted by Crippen LogP contribution is 2.31. The fourth-order valence-electron chi connectivity index (χ4n) is 2.15. The Bertz CT molecular complexity index is 1080. The summed E-state index contributed by atoms with van der Waals surface area (Å²) in [6.07, 6.45) is -4.85. The third kappa shape index (κ3) is 4.44. The third-order valence-corrected chi connectivity index (χ3v) is 4.16. The molecule has 0 atom stereocenters. The molecule has 1 aromatic heterocycles. The number of alkyl halides is 3. The number of urea groups is 1. The van der Waals surface area contributed by atoms with Crippen LogP contribution >= 0.6 is 11.3 Å². The topological polar surface area (TPSA) is 87.0 Å². The van der Waals surface area contributed by atoms with E-state index in [4.69, 9.17) is 5.26 Å². The molecule has 6 nitrogen and oxygen atoms in total. The highest BCUT2D eigenvalue weighted by molar-refractivity contribution is 7.22. The molecule has 2 N–H and O–H groups in total. The van der Waals surface area contributed by atoms with Gasteiger partial charge in [-0.1, -0.05) is 11.3 Å². The van der Waals surface area contributed by atoms with Crippen LogP contribution in [0.1, 0.15) is 5.56 Å². The molecule has 1 heterocycles. The van der Waals surface area contributed by atoms with Crippen molar-refractivity contribution in [3.8, 4) is 11.8 Å². The van der Waals surface area contributed by atoms with Crippen LogP contribution in [0.15, 0.2) is 30.3 Å². The van der Waals surface area contributed by atoms with Gasteiger partial charge in [0.25, 0.3) is 0 Å². The molecule has 0 aliphatic rings. The Morgan fingerprint density at radius 3 is 2.43 bits per heavy atom. The zero-order chi connectivity index (χ0) is 20.5. The SMILES string of the molecule is N#Cc1cc(F)c(NC(=O)Nc2nc3ccc(OC(F)(F)F)cc3s2)c(F)c1. The van der Waals surface area contributed by atoms with E-state index < -0.39 is 35.5 Å². The highest BCUT2D eigenvalue weighted by atomic mass is 32.1. The average Bonchev–Trinajstić information content (AvgIpc) is 2.97. The lowest BCUT2D eigenvalue weighted by Crippen LogP contribution is -2.21. The Kier molecular flexibility index (Phi) is 5.02. The van der Waals surface area contributed by atoms with Crippen LogP contribution in [0.4, 0.5) is 37.6 Å². The van der Waals surface area contributed by atoms with Crippen LogP contribution in [0.3, 0.4) is 0 Å². The third-order valence-electron chi connectivity index (χ3n) is 3.22. The second kappa shape index (κ2) is 7.28. The fourth-order valence-corrected chi connectivity index (χ4v) is 3.04. The lowest BCUT2D eigenvalue weighted by atomic mass is 10.2. The number of carbonyl (C=O) groups is 1. The first kappa shape index (κ1) is 19.3. The van der Waals surface area contributed by atoms with Crippen molar-refractivity contribution in [3.05, 3.63) is 47.5 Å². The van der Waals surface area contributed by atoms with Gasteiger partial charge < -0.3 is 10.1 Å². The van der Waals surface area contributed by atoms with E-state index in [0.29, 0.717) is 0 Å². The number of aromatic nitrogens is 1. The number of rotatable bonds is 3. The summed E-state index contributed by atoms with van der Waals surface area (Å²) in [7, 11) is 0. The van der Waals surface area contributed by atoms with Gasteiger partial charge in [0.2, 0.25) is 0 Å². The van der Waals surface area contributed by atoms with Gasteiger partial charge in [0.1, 0.15) is 11.4 Å². The summed E-state index contributed by atoms with van der Waals surface area (Å²) in [6, 6.07) is 5.43. The minimum absolute atomic E-state index is 0.0221. The van der Waals surface area contributed by atoms with Crippen LogP contribution in [0, 0.1) is 23.0 Å². The van der Waals surface area contributed by atoms with Crippen molar-refractivity contribution in [2.24, 2.45) is 0 Å². The molecule has 0 spiro atoms. The van der Waals surface area contributed by atoms with Crippen LogP contribution in [-0.2, 0) is 0 Å². The molecule has 12 heteroatoms. The van der Waals surface area contributed by atoms with Gasteiger partial charge in [0.05, 0.1) is 21.8 Å². The number of anilines is 2. The number of halogens is 5. The Labute approximate surface area is 157 Å². The molecule has 0 aliphatic carbocycles. The molecule has 0 fully saturated rings. The van der Waals surface area contributed by atoms with Crippen molar-refractivity contribution in [1.29, 1.82) is 5.26 Å². The first-order valence-corrected chi connectivity index (χ1v) is 8.10. The second-order valence-electron chi connectivity index (χ2n) is 5.20. The van der Waals surface area contributed by atoms with E-state index in [1.807, 2.05) is 5.32 Å². The summed E-state index contributed by atoms with van der Waals surface area (Å²) in [6.45, 7) is 0. The van der Waals surface area contributed by atoms with E-state index in [-0.39, 0.29) is 20.9 Å². The average molecular weight is 414 g/mol. The number of fused-ring (bicyclic) bond motifs is 1. The number of nitrogens with one attached hydrogen (secondary N) is 2. The summed E-state index contributed by atoms with van der Waals surface area (Å²) in [5.74, 6) is -2.75. The van der Waals surface area contributed by atoms with Crippen molar-refractivity contribution in [1.82, 2.24) is 4.98 Å². The molecule has 0 unspecified atom stereocenters. The largest absolute Gasteiger partial charge is 0.573 e. The van der Waals surface area contributed by atoms with E-state index in [9.17, 15) is 26.7 Å². The quantitative estimate of drug-likeness (QED) is 0.592. The van der Waals surface area contributed by atoms with Crippen LogP contribution in [0.5, 0.6) is 5.75 Å². The number of amides is 2. The minimum Gasteiger partial charge on any atom is -0.406 e. The molecule has 144 valence electrons. The lowest BCUT2D eigenvalue weighted by molar-refractivity contribution is -0.274. The van der Waals surface area contributed by atoms with E-state index in [2.05, 4.69) is 15.0 Å². The van der Waals surface area contributed by atoms with Crippen molar-refractivity contribution < 1.29 is 31.5 Å². The molecule has 0 saturated carbocycles. The zero-order valence-electron chi connectivity index (χ0n) is 13.4. The Morgan fingerprint density at radius 1 is 1.14 bits per heavy atom. The number of carbonyl (C=O) groups excluding carboxylic acids is 1. The van der Waals surface area contributed by atoms with Crippen molar-refractivity contribution >= 4 is 38.4 Å². The van der Waals surface area contributed by atoms with Gasteiger partial charge in [-0.2, -0.15) is 5.26 Å². The van der Waals surface area contributed by atoms with Crippen molar-refractivity contribution in [2.45, 2.75) is 6.36 Å². The van der Waals surface area contributed by atoms with Crippen LogP contribution in [0.2, 0.25) is 0 Å². The van der Waals surface area contributed by atoms with Crippen molar-refractivity contribution in [3.63, 3.8) is 0 Å². The smallest absolute Gasteiger partial charge is 0.406 e. The number of nitriles is 1. The fraction of sp³-hybridized carbons (Fsp3) is 0.0625. The number of ether oxygens (including phenoxy) is 1. The first-order valence-electron chi connectivity index (χ1n) is 7.28. The van der Waals surface area contributed by atoms with Gasteiger partial charge in [-0.15, -0.1) is 13.2 Å². The molecule has 0 aliphatic heterocycles. The normalized spacial score (nSPS) is 11.1. The Hall–Kier alpha value is -3.46. The predicted octanol–water partition coefficient (Wildman–Crippen LogP) is 4.99. The van der Waals surface area contributed by atoms with Gasteiger partial charge in [0.15, 0.2) is 16.8 Å². The highest BCUT2D eigenvalue weighted by Gasteiger charge is 2.31. The maximum Gasteiger partial charge on any atom is 0.573 e. The number of hydrogen-bond donors (Lipinski definition) is 2. The van der Waals surface area contributed by atoms with E-state index in [0.717, 1.165) is 35.6 Å². The number of benzene rings is 2. The van der Waals surface area contributed by atoms with Crippen LogP contribution in [-0.4, -0.2) is 17.4 Å². The van der Waals surface area contributed by atoms with Crippen LogP contribution in [0.25, 0.3) is 10.2 Å². The second-order valence-corrected chi connectivity index (χ2v) is 6.23. The summed E-state index contributed by atoms with van der Waals surface area (Å²) in [5, 5.41) is 12.8. The summed E-state index contributed by atoms with van der Waals surface area (Å²) in [4.78, 5) is 15.9. The molecular weight excluding hydrogens is 407 g/mol. The molecule has 2 aromatic carbocycles. The lowest BCUT2D eigenvalue weighted by Gasteiger charge is -2.08. The summed E-state index contributed by atoms with van der Waals surface area (Å²) < 4.78 is 68.4. The molecule has 28 heavy (non-hydrogen) atoms. The van der Waals surface area contributed by atoms with Gasteiger partial charge in [-0.05, 0) is 24.3 Å². The van der Waals surface area contributed by atoms with E-state index >= 15 is 0 Å². The molecular formula is C16H7F5N4O2S. The summed E-state index contributed by atoms with van der Waals surface area (Å²) >= 11 is 0.830. The number of thiazole rings is 1. The van der Waals surface area contributed by atoms with Gasteiger partial charge in [-0.3, -0.25) is 5.32 Å². The minimum atomic E-state index is -4.85. The molecule has 3 aromatic rings. The molecule has 2 amide bonds.